The second kappa shape index (κ2) is 8.46. The maximum Gasteiger partial charge on any atom is 0.224 e. The van der Waals surface area contributed by atoms with E-state index in [9.17, 15) is 4.79 Å². The van der Waals surface area contributed by atoms with Gasteiger partial charge in [0.15, 0.2) is 0 Å². The summed E-state index contributed by atoms with van der Waals surface area (Å²) >= 11 is 0. The summed E-state index contributed by atoms with van der Waals surface area (Å²) in [5.41, 5.74) is 5.89. The van der Waals surface area contributed by atoms with Gasteiger partial charge in [-0.2, -0.15) is 0 Å². The van der Waals surface area contributed by atoms with Gasteiger partial charge in [0.25, 0.3) is 0 Å². The van der Waals surface area contributed by atoms with E-state index in [0.717, 1.165) is 28.5 Å². The third kappa shape index (κ3) is 3.96. The van der Waals surface area contributed by atoms with Crippen LogP contribution in [-0.4, -0.2) is 18.0 Å². The molecule has 160 valence electrons. The first-order valence-electron chi connectivity index (χ1n) is 11.0. The highest BCUT2D eigenvalue weighted by Gasteiger charge is 2.43. The molecular weight excluding hydrogens is 396 g/mol. The Bertz CT molecular complexity index is 1280. The maximum absolute atomic E-state index is 12.8. The lowest BCUT2D eigenvalue weighted by Crippen LogP contribution is -2.25. The third-order valence-corrected chi connectivity index (χ3v) is 6.36. The molecule has 1 fully saturated rings. The zero-order chi connectivity index (χ0) is 22.1. The van der Waals surface area contributed by atoms with Crippen molar-refractivity contribution in [1.82, 2.24) is 10.3 Å². The van der Waals surface area contributed by atoms with Crippen molar-refractivity contribution in [2.45, 2.75) is 25.8 Å². The minimum absolute atomic E-state index is 0.0411. The minimum atomic E-state index is 0.0411. The lowest BCUT2D eigenvalue weighted by atomic mass is 9.95. The summed E-state index contributed by atoms with van der Waals surface area (Å²) in [4.78, 5) is 17.1. The average Bonchev–Trinajstić information content (AvgIpc) is 3.63. The predicted molar refractivity (Wildman–Crippen MR) is 128 cm³/mol. The van der Waals surface area contributed by atoms with Crippen LogP contribution >= 0.6 is 0 Å². The van der Waals surface area contributed by atoms with Crippen molar-refractivity contribution in [3.8, 4) is 16.9 Å². The Kier molecular flexibility index (Phi) is 5.36. The number of aromatic nitrogens is 1. The molecule has 0 bridgehead atoms. The van der Waals surface area contributed by atoms with Crippen molar-refractivity contribution in [3.05, 3.63) is 95.8 Å². The van der Waals surface area contributed by atoms with Crippen LogP contribution in [0.5, 0.6) is 5.75 Å². The summed E-state index contributed by atoms with van der Waals surface area (Å²) in [6, 6.07) is 22.9. The molecule has 0 radical (unpaired) electrons. The second-order valence-corrected chi connectivity index (χ2v) is 8.50. The number of carbonyl (C=O) groups excluding carboxylic acids is 1. The number of aryl methyl sites for hydroxylation is 1. The van der Waals surface area contributed by atoms with Crippen molar-refractivity contribution < 1.29 is 9.53 Å². The molecule has 1 aliphatic rings. The van der Waals surface area contributed by atoms with E-state index in [0.29, 0.717) is 12.5 Å². The van der Waals surface area contributed by atoms with E-state index < -0.39 is 0 Å². The number of rotatable bonds is 6. The number of nitrogens with zero attached hydrogens (tertiary/aromatic N) is 1. The van der Waals surface area contributed by atoms with Crippen LogP contribution in [0.3, 0.4) is 0 Å². The number of carbonyl (C=O) groups is 1. The monoisotopic (exact) mass is 422 g/mol. The fourth-order valence-corrected chi connectivity index (χ4v) is 4.48. The highest BCUT2D eigenvalue weighted by atomic mass is 16.5. The summed E-state index contributed by atoms with van der Waals surface area (Å²) in [6.07, 6.45) is 4.62. The SMILES string of the molecule is COc1ccc(C2CC2C(=O)NCc2ccc(-c3cccc(C)c3)c3ccncc23)cc1. The molecule has 1 heterocycles. The van der Waals surface area contributed by atoms with Crippen LogP contribution in [0.25, 0.3) is 21.9 Å². The van der Waals surface area contributed by atoms with Gasteiger partial charge >= 0.3 is 0 Å². The molecule has 32 heavy (non-hydrogen) atoms. The highest BCUT2D eigenvalue weighted by molar-refractivity contribution is 5.98. The Morgan fingerprint density at radius 3 is 2.69 bits per heavy atom. The van der Waals surface area contributed by atoms with E-state index in [1.807, 2.05) is 24.5 Å². The van der Waals surface area contributed by atoms with Gasteiger partial charge in [-0.25, -0.2) is 0 Å². The van der Waals surface area contributed by atoms with E-state index in [-0.39, 0.29) is 11.8 Å². The number of nitrogens with one attached hydrogen (secondary N) is 1. The van der Waals surface area contributed by atoms with Gasteiger partial charge < -0.3 is 10.1 Å². The van der Waals surface area contributed by atoms with Crippen molar-refractivity contribution in [2.24, 2.45) is 5.92 Å². The van der Waals surface area contributed by atoms with Crippen LogP contribution in [-0.2, 0) is 11.3 Å². The summed E-state index contributed by atoms with van der Waals surface area (Å²) in [5.74, 6) is 1.29. The van der Waals surface area contributed by atoms with Crippen LogP contribution in [0.4, 0.5) is 0 Å². The first kappa shape index (κ1) is 20.3. The predicted octanol–water partition coefficient (Wildman–Crippen LogP) is 5.64. The lowest BCUT2D eigenvalue weighted by Gasteiger charge is -2.13. The molecule has 0 aliphatic heterocycles. The Hall–Kier alpha value is -3.66. The zero-order valence-electron chi connectivity index (χ0n) is 18.3. The van der Waals surface area contributed by atoms with Crippen LogP contribution in [0.1, 0.15) is 29.0 Å². The normalized spacial score (nSPS) is 17.2. The number of hydrogen-bond donors (Lipinski definition) is 1. The minimum Gasteiger partial charge on any atom is -0.497 e. The molecule has 5 rings (SSSR count). The Labute approximate surface area is 188 Å². The van der Waals surface area contributed by atoms with E-state index in [1.54, 1.807) is 7.11 Å². The molecular formula is C28H26N2O2. The fraction of sp³-hybridized carbons (Fsp3) is 0.214. The molecule has 1 aromatic heterocycles. The molecule has 2 unspecified atom stereocenters. The smallest absolute Gasteiger partial charge is 0.224 e. The molecule has 1 N–H and O–H groups in total. The number of hydrogen-bond acceptors (Lipinski definition) is 3. The molecule has 1 saturated carbocycles. The Balaban J connectivity index is 1.32. The fourth-order valence-electron chi connectivity index (χ4n) is 4.48. The van der Waals surface area contributed by atoms with Crippen molar-refractivity contribution >= 4 is 16.7 Å². The summed E-state index contributed by atoms with van der Waals surface area (Å²) < 4.78 is 5.22. The Morgan fingerprint density at radius 2 is 1.91 bits per heavy atom. The van der Waals surface area contributed by atoms with Crippen molar-refractivity contribution in [1.29, 1.82) is 0 Å². The quantitative estimate of drug-likeness (QED) is 0.438. The topological polar surface area (TPSA) is 51.2 Å². The highest BCUT2D eigenvalue weighted by Crippen LogP contribution is 2.47. The van der Waals surface area contributed by atoms with Crippen molar-refractivity contribution in [2.75, 3.05) is 7.11 Å². The summed E-state index contributed by atoms with van der Waals surface area (Å²) in [5, 5.41) is 5.38. The number of pyridine rings is 1. The van der Waals surface area contributed by atoms with Crippen LogP contribution in [0, 0.1) is 12.8 Å². The van der Waals surface area contributed by atoms with Crippen LogP contribution in [0.15, 0.2) is 79.1 Å². The average molecular weight is 423 g/mol. The molecule has 2 atom stereocenters. The molecule has 1 amide bonds. The first-order chi connectivity index (χ1) is 15.6. The van der Waals surface area contributed by atoms with Crippen LogP contribution in [0.2, 0.25) is 0 Å². The molecule has 0 spiro atoms. The van der Waals surface area contributed by atoms with E-state index >= 15 is 0 Å². The number of ether oxygens (including phenoxy) is 1. The van der Waals surface area contributed by atoms with Gasteiger partial charge in [-0.15, -0.1) is 0 Å². The van der Waals surface area contributed by atoms with Crippen LogP contribution < -0.4 is 10.1 Å². The van der Waals surface area contributed by atoms with Gasteiger partial charge in [0, 0.05) is 30.2 Å². The third-order valence-electron chi connectivity index (χ3n) is 6.36. The Morgan fingerprint density at radius 1 is 1.06 bits per heavy atom. The zero-order valence-corrected chi connectivity index (χ0v) is 18.3. The molecule has 1 aliphatic carbocycles. The van der Waals surface area contributed by atoms with Gasteiger partial charge in [0.05, 0.1) is 7.11 Å². The molecule has 4 nitrogen and oxygen atoms in total. The lowest BCUT2D eigenvalue weighted by molar-refractivity contribution is -0.122. The second-order valence-electron chi connectivity index (χ2n) is 8.50. The summed E-state index contributed by atoms with van der Waals surface area (Å²) in [7, 11) is 1.66. The number of fused-ring (bicyclic) bond motifs is 1. The molecule has 4 aromatic rings. The number of amides is 1. The largest absolute Gasteiger partial charge is 0.497 e. The number of benzene rings is 3. The van der Waals surface area contributed by atoms with Gasteiger partial charge in [0.1, 0.15) is 5.75 Å². The molecule has 4 heteroatoms. The number of methoxy groups -OCH3 is 1. The van der Waals surface area contributed by atoms with Gasteiger partial charge in [0.2, 0.25) is 5.91 Å². The van der Waals surface area contributed by atoms with E-state index in [2.05, 4.69) is 71.8 Å². The van der Waals surface area contributed by atoms with Gasteiger partial charge in [-0.05, 0) is 65.1 Å². The maximum atomic E-state index is 12.8. The molecule has 0 saturated heterocycles. The standard InChI is InChI=1S/C28H26N2O2/c1-18-4-3-5-20(14-18)23-11-8-21(27-17-29-13-12-24(23)27)16-30-28(31)26-15-25(26)19-6-9-22(32-2)10-7-19/h3-14,17,25-26H,15-16H2,1-2H3,(H,30,31). The van der Waals surface area contributed by atoms with Gasteiger partial charge in [-0.3, -0.25) is 9.78 Å². The summed E-state index contributed by atoms with van der Waals surface area (Å²) in [6.45, 7) is 2.61. The van der Waals surface area contributed by atoms with Crippen molar-refractivity contribution in [3.63, 3.8) is 0 Å². The molecule has 3 aromatic carbocycles. The first-order valence-corrected chi connectivity index (χ1v) is 11.0. The van der Waals surface area contributed by atoms with E-state index in [4.69, 9.17) is 4.74 Å². The van der Waals surface area contributed by atoms with E-state index in [1.165, 1.54) is 22.3 Å². The van der Waals surface area contributed by atoms with Gasteiger partial charge in [-0.1, -0.05) is 54.1 Å².